The predicted octanol–water partition coefficient (Wildman–Crippen LogP) is 4.06. The summed E-state index contributed by atoms with van der Waals surface area (Å²) in [6.45, 7) is 9.97. The van der Waals surface area contributed by atoms with Crippen LogP contribution in [0.1, 0.15) is 71.6 Å². The van der Waals surface area contributed by atoms with Crippen molar-refractivity contribution in [2.75, 3.05) is 26.2 Å². The highest BCUT2D eigenvalue weighted by Gasteiger charge is 2.18. The van der Waals surface area contributed by atoms with Gasteiger partial charge in [-0.05, 0) is 76.5 Å². The van der Waals surface area contributed by atoms with E-state index in [1.54, 1.807) is 0 Å². The van der Waals surface area contributed by atoms with Crippen LogP contribution in [0.3, 0.4) is 0 Å². The van der Waals surface area contributed by atoms with Crippen molar-refractivity contribution in [2.24, 2.45) is 11.8 Å². The Hall–Kier alpha value is -0.0800. The second-order valence-electron chi connectivity index (χ2n) is 7.31. The number of likely N-dealkylation sites (tertiary alicyclic amines) is 1. The van der Waals surface area contributed by atoms with Gasteiger partial charge in [-0.15, -0.1) is 0 Å². The van der Waals surface area contributed by atoms with Gasteiger partial charge in [0.1, 0.15) is 0 Å². The summed E-state index contributed by atoms with van der Waals surface area (Å²) in [5.74, 6) is 1.97. The van der Waals surface area contributed by atoms with Crippen LogP contribution in [0.5, 0.6) is 0 Å². The van der Waals surface area contributed by atoms with Gasteiger partial charge in [0.2, 0.25) is 0 Å². The molecule has 0 bridgehead atoms. The highest BCUT2D eigenvalue weighted by Crippen LogP contribution is 2.25. The van der Waals surface area contributed by atoms with E-state index in [0.717, 1.165) is 17.9 Å². The first kappa shape index (κ1) is 16.3. The van der Waals surface area contributed by atoms with E-state index in [2.05, 4.69) is 24.1 Å². The molecule has 1 aliphatic heterocycles. The normalized spacial score (nSPS) is 30.3. The van der Waals surface area contributed by atoms with Crippen LogP contribution in [0, 0.1) is 11.8 Å². The van der Waals surface area contributed by atoms with Crippen molar-refractivity contribution in [1.82, 2.24) is 10.2 Å². The summed E-state index contributed by atoms with van der Waals surface area (Å²) in [6, 6.07) is 0.813. The molecule has 0 aromatic carbocycles. The minimum atomic E-state index is 0.813. The molecule has 2 nitrogen and oxygen atoms in total. The fraction of sp³-hybridized carbons (Fsp3) is 1.00. The summed E-state index contributed by atoms with van der Waals surface area (Å²) >= 11 is 0. The van der Waals surface area contributed by atoms with E-state index >= 15 is 0 Å². The van der Waals surface area contributed by atoms with Gasteiger partial charge in [-0.1, -0.05) is 33.1 Å². The van der Waals surface area contributed by atoms with E-state index in [9.17, 15) is 0 Å². The highest BCUT2D eigenvalue weighted by atomic mass is 15.1. The Labute approximate surface area is 126 Å². The molecule has 1 saturated carbocycles. The molecule has 20 heavy (non-hydrogen) atoms. The van der Waals surface area contributed by atoms with Crippen molar-refractivity contribution >= 4 is 0 Å². The molecule has 2 atom stereocenters. The number of hydrogen-bond donors (Lipinski definition) is 1. The molecule has 0 spiro atoms. The highest BCUT2D eigenvalue weighted by molar-refractivity contribution is 4.75. The van der Waals surface area contributed by atoms with Crippen LogP contribution >= 0.6 is 0 Å². The zero-order valence-electron chi connectivity index (χ0n) is 13.9. The van der Waals surface area contributed by atoms with E-state index < -0.39 is 0 Å². The summed E-state index contributed by atoms with van der Waals surface area (Å²) in [5.41, 5.74) is 0. The van der Waals surface area contributed by atoms with Gasteiger partial charge in [-0.25, -0.2) is 0 Å². The van der Waals surface area contributed by atoms with Gasteiger partial charge in [0.25, 0.3) is 0 Å². The van der Waals surface area contributed by atoms with Gasteiger partial charge < -0.3 is 10.2 Å². The number of rotatable bonds is 6. The lowest BCUT2D eigenvalue weighted by Gasteiger charge is -2.30. The summed E-state index contributed by atoms with van der Waals surface area (Å²) < 4.78 is 0. The third-order valence-electron chi connectivity index (χ3n) is 5.63. The van der Waals surface area contributed by atoms with Crippen LogP contribution in [-0.2, 0) is 0 Å². The molecular weight excluding hydrogens is 244 g/mol. The molecule has 2 heteroatoms. The fourth-order valence-corrected chi connectivity index (χ4v) is 3.89. The van der Waals surface area contributed by atoms with E-state index in [1.807, 2.05) is 0 Å². The van der Waals surface area contributed by atoms with E-state index in [0.29, 0.717) is 0 Å². The molecule has 2 fully saturated rings. The average Bonchev–Trinajstić information content (AvgIpc) is 2.70. The topological polar surface area (TPSA) is 15.3 Å². The van der Waals surface area contributed by atoms with Gasteiger partial charge in [-0.2, -0.15) is 0 Å². The van der Waals surface area contributed by atoms with Gasteiger partial charge in [0.05, 0.1) is 0 Å². The molecule has 0 aromatic heterocycles. The maximum absolute atomic E-state index is 3.83. The van der Waals surface area contributed by atoms with Gasteiger partial charge in [0, 0.05) is 6.04 Å². The summed E-state index contributed by atoms with van der Waals surface area (Å²) in [5, 5.41) is 3.83. The van der Waals surface area contributed by atoms with Crippen LogP contribution in [0.2, 0.25) is 0 Å². The number of nitrogens with one attached hydrogen (secondary N) is 1. The van der Waals surface area contributed by atoms with E-state index in [4.69, 9.17) is 0 Å². The van der Waals surface area contributed by atoms with Crippen molar-refractivity contribution in [1.29, 1.82) is 0 Å². The minimum Gasteiger partial charge on any atom is -0.314 e. The molecule has 1 aliphatic carbocycles. The lowest BCUT2D eigenvalue weighted by Crippen LogP contribution is -2.36. The summed E-state index contributed by atoms with van der Waals surface area (Å²) in [4.78, 5) is 2.67. The van der Waals surface area contributed by atoms with Gasteiger partial charge in [-0.3, -0.25) is 0 Å². The lowest BCUT2D eigenvalue weighted by molar-refractivity contribution is 0.189. The van der Waals surface area contributed by atoms with Gasteiger partial charge in [0.15, 0.2) is 0 Å². The van der Waals surface area contributed by atoms with Crippen LogP contribution in [0.15, 0.2) is 0 Å². The first-order valence-electron chi connectivity index (χ1n) is 9.23. The van der Waals surface area contributed by atoms with Crippen LogP contribution in [0.4, 0.5) is 0 Å². The molecular formula is C18H36N2. The molecule has 0 aromatic rings. The molecule has 1 heterocycles. The smallest absolute Gasteiger partial charge is 0.00671 e. The zero-order valence-corrected chi connectivity index (χ0v) is 13.9. The summed E-state index contributed by atoms with van der Waals surface area (Å²) in [6.07, 6.45) is 12.8. The second kappa shape index (κ2) is 9.04. The van der Waals surface area contributed by atoms with Crippen LogP contribution < -0.4 is 5.32 Å². The molecule has 1 saturated heterocycles. The Kier molecular flexibility index (Phi) is 7.37. The fourth-order valence-electron chi connectivity index (χ4n) is 3.89. The standard InChI is InChI=1S/C18H36N2/c1-3-17-6-4-7-18(9-8-17)19-12-5-13-20-14-10-16(2)11-15-20/h16-19H,3-15H2,1-2H3. The largest absolute Gasteiger partial charge is 0.314 e. The monoisotopic (exact) mass is 280 g/mol. The molecule has 2 aliphatic rings. The number of hydrogen-bond acceptors (Lipinski definition) is 2. The Bertz CT molecular complexity index is 246. The Morgan fingerprint density at radius 2 is 1.80 bits per heavy atom. The second-order valence-corrected chi connectivity index (χ2v) is 7.31. The van der Waals surface area contributed by atoms with Crippen molar-refractivity contribution in [3.8, 4) is 0 Å². The molecule has 118 valence electrons. The molecule has 0 radical (unpaired) electrons. The van der Waals surface area contributed by atoms with Crippen molar-refractivity contribution < 1.29 is 0 Å². The number of nitrogens with zero attached hydrogens (tertiary/aromatic N) is 1. The van der Waals surface area contributed by atoms with Crippen molar-refractivity contribution in [2.45, 2.75) is 77.7 Å². The third-order valence-corrected chi connectivity index (χ3v) is 5.63. The quantitative estimate of drug-likeness (QED) is 0.583. The first-order chi connectivity index (χ1) is 9.78. The Balaban J connectivity index is 1.52. The van der Waals surface area contributed by atoms with Crippen molar-refractivity contribution in [3.63, 3.8) is 0 Å². The van der Waals surface area contributed by atoms with Crippen molar-refractivity contribution in [3.05, 3.63) is 0 Å². The SMILES string of the molecule is CCC1CCCC(NCCCN2CCC(C)CC2)CC1. The lowest BCUT2D eigenvalue weighted by atomic mass is 9.98. The summed E-state index contributed by atoms with van der Waals surface area (Å²) in [7, 11) is 0. The minimum absolute atomic E-state index is 0.813. The average molecular weight is 280 g/mol. The van der Waals surface area contributed by atoms with E-state index in [1.165, 1.54) is 84.0 Å². The van der Waals surface area contributed by atoms with Crippen LogP contribution in [-0.4, -0.2) is 37.1 Å². The molecule has 2 unspecified atom stereocenters. The zero-order chi connectivity index (χ0) is 14.2. The Morgan fingerprint density at radius 3 is 2.55 bits per heavy atom. The van der Waals surface area contributed by atoms with Gasteiger partial charge >= 0.3 is 0 Å². The number of piperidine rings is 1. The molecule has 0 amide bonds. The van der Waals surface area contributed by atoms with E-state index in [-0.39, 0.29) is 0 Å². The third kappa shape index (κ3) is 5.73. The Morgan fingerprint density at radius 1 is 1.00 bits per heavy atom. The maximum Gasteiger partial charge on any atom is 0.00671 e. The van der Waals surface area contributed by atoms with Crippen LogP contribution in [0.25, 0.3) is 0 Å². The molecule has 2 rings (SSSR count). The maximum atomic E-state index is 3.83. The molecule has 1 N–H and O–H groups in total. The predicted molar refractivity (Wildman–Crippen MR) is 88.1 cm³/mol. The first-order valence-corrected chi connectivity index (χ1v) is 9.23.